The Morgan fingerprint density at radius 1 is 1.03 bits per heavy atom. The Labute approximate surface area is 195 Å². The first-order valence-electron chi connectivity index (χ1n) is 9.89. The zero-order chi connectivity index (χ0) is 22.2. The maximum atomic E-state index is 10.7. The fourth-order valence-corrected chi connectivity index (χ4v) is 3.53. The third-order valence-corrected chi connectivity index (χ3v) is 5.54. The van der Waals surface area contributed by atoms with Crippen LogP contribution in [0.3, 0.4) is 0 Å². The lowest BCUT2D eigenvalue weighted by Crippen LogP contribution is -2.61. The molecule has 0 bridgehead atoms. The van der Waals surface area contributed by atoms with Crippen LogP contribution in [0.5, 0.6) is 11.5 Å². The largest absolute Gasteiger partial charge is 0.497 e. The molecule has 0 radical (unpaired) electrons. The van der Waals surface area contributed by atoms with Crippen molar-refractivity contribution in [3.05, 3.63) is 70.3 Å². The smallest absolute Gasteiger partial charge is 0.229 e. The minimum atomic E-state index is -1.19. The summed E-state index contributed by atoms with van der Waals surface area (Å²) in [6.07, 6.45) is -3.40. The Morgan fingerprint density at radius 3 is 2.35 bits per heavy atom. The Kier molecular flexibility index (Phi) is 9.12. The van der Waals surface area contributed by atoms with E-state index in [0.29, 0.717) is 12.4 Å². The maximum absolute atomic E-state index is 10.7. The van der Waals surface area contributed by atoms with Crippen molar-refractivity contribution < 1.29 is 33.9 Å². The van der Waals surface area contributed by atoms with Crippen LogP contribution in [-0.4, -0.2) is 61.2 Å². The first-order valence-corrected chi connectivity index (χ1v) is 11.0. The molecule has 1 fully saturated rings. The number of methoxy groups -OCH3 is 1. The van der Waals surface area contributed by atoms with Gasteiger partial charge in [0, 0.05) is 3.57 Å². The molecule has 7 nitrogen and oxygen atoms in total. The van der Waals surface area contributed by atoms with Crippen LogP contribution in [0.1, 0.15) is 5.56 Å². The first-order chi connectivity index (χ1) is 15.0. The summed E-state index contributed by atoms with van der Waals surface area (Å²) >= 11 is 2.20. The summed E-state index contributed by atoms with van der Waals surface area (Å²) in [5.74, 6) is 1.31. The predicted octanol–water partition coefficient (Wildman–Crippen LogP) is 2.91. The zero-order valence-corrected chi connectivity index (χ0v) is 19.4. The van der Waals surface area contributed by atoms with Gasteiger partial charge in [0.05, 0.1) is 26.9 Å². The number of ether oxygens (including phenoxy) is 5. The van der Waals surface area contributed by atoms with Gasteiger partial charge in [0.1, 0.15) is 35.9 Å². The van der Waals surface area contributed by atoms with Crippen LogP contribution in [0.2, 0.25) is 0 Å². The molecule has 0 aliphatic carbocycles. The fourth-order valence-electron chi connectivity index (χ4n) is 3.18. The number of aliphatic hydroxyl groups is 2. The van der Waals surface area contributed by atoms with Crippen molar-refractivity contribution in [2.45, 2.75) is 37.3 Å². The van der Waals surface area contributed by atoms with Crippen LogP contribution < -0.4 is 9.47 Å². The topological polar surface area (TPSA) is 86.6 Å². The number of hydrogen-bond acceptors (Lipinski definition) is 7. The van der Waals surface area contributed by atoms with Crippen LogP contribution in [-0.2, 0) is 20.8 Å². The Hall–Kier alpha value is -1.69. The highest BCUT2D eigenvalue weighted by Crippen LogP contribution is 2.27. The molecule has 0 aromatic heterocycles. The summed E-state index contributed by atoms with van der Waals surface area (Å²) in [6.45, 7) is 4.23. The van der Waals surface area contributed by atoms with Crippen molar-refractivity contribution in [2.24, 2.45) is 0 Å². The maximum Gasteiger partial charge on any atom is 0.229 e. The summed E-state index contributed by atoms with van der Waals surface area (Å²) in [5.41, 5.74) is 0.956. The van der Waals surface area contributed by atoms with Gasteiger partial charge in [-0.15, -0.1) is 6.58 Å². The van der Waals surface area contributed by atoms with Crippen LogP contribution in [0.15, 0.2) is 61.2 Å². The van der Waals surface area contributed by atoms with Crippen LogP contribution in [0.4, 0.5) is 0 Å². The first kappa shape index (κ1) is 24.0. The van der Waals surface area contributed by atoms with E-state index in [2.05, 4.69) is 29.2 Å². The second-order valence-corrected chi connectivity index (χ2v) is 8.29. The van der Waals surface area contributed by atoms with E-state index >= 15 is 0 Å². The molecule has 2 aromatic carbocycles. The lowest BCUT2D eigenvalue weighted by molar-refractivity contribution is -0.286. The van der Waals surface area contributed by atoms with Crippen LogP contribution in [0, 0.1) is 3.57 Å². The van der Waals surface area contributed by atoms with Gasteiger partial charge in [0.2, 0.25) is 6.29 Å². The molecule has 0 saturated carbocycles. The van der Waals surface area contributed by atoms with E-state index < -0.39 is 30.7 Å². The third kappa shape index (κ3) is 6.64. The summed E-state index contributed by atoms with van der Waals surface area (Å²) in [6, 6.07) is 14.9. The van der Waals surface area contributed by atoms with E-state index in [0.717, 1.165) is 14.9 Å². The van der Waals surface area contributed by atoms with Crippen molar-refractivity contribution in [3.63, 3.8) is 0 Å². The van der Waals surface area contributed by atoms with Gasteiger partial charge >= 0.3 is 0 Å². The highest BCUT2D eigenvalue weighted by Gasteiger charge is 2.46. The van der Waals surface area contributed by atoms with Gasteiger partial charge in [-0.2, -0.15) is 0 Å². The van der Waals surface area contributed by atoms with Gasteiger partial charge < -0.3 is 33.9 Å². The number of aliphatic hydroxyl groups excluding tert-OH is 2. The van der Waals surface area contributed by atoms with E-state index in [-0.39, 0.29) is 13.2 Å². The summed E-state index contributed by atoms with van der Waals surface area (Å²) in [5, 5.41) is 21.4. The SMILES string of the molecule is C=CCO[C@@H]1[C@@H](O)[C@H](Oc2ccc(I)cc2)O[C@H](COCc2ccc(OC)cc2)[C@H]1O. The second kappa shape index (κ2) is 11.8. The van der Waals surface area contributed by atoms with E-state index in [9.17, 15) is 10.2 Å². The zero-order valence-electron chi connectivity index (χ0n) is 17.2. The summed E-state index contributed by atoms with van der Waals surface area (Å²) in [4.78, 5) is 0. The average Bonchev–Trinajstić information content (AvgIpc) is 2.78. The Bertz CT molecular complexity index is 812. The minimum absolute atomic E-state index is 0.0976. The van der Waals surface area contributed by atoms with Crippen molar-refractivity contribution in [3.8, 4) is 11.5 Å². The monoisotopic (exact) mass is 542 g/mol. The van der Waals surface area contributed by atoms with E-state index in [1.165, 1.54) is 0 Å². The molecule has 0 amide bonds. The molecule has 1 aliphatic heterocycles. The molecular weight excluding hydrogens is 515 g/mol. The molecule has 3 rings (SSSR count). The fraction of sp³-hybridized carbons (Fsp3) is 0.391. The normalized spacial score (nSPS) is 25.7. The molecule has 0 spiro atoms. The molecule has 31 heavy (non-hydrogen) atoms. The van der Waals surface area contributed by atoms with Gasteiger partial charge in [-0.25, -0.2) is 0 Å². The highest BCUT2D eigenvalue weighted by molar-refractivity contribution is 14.1. The average molecular weight is 542 g/mol. The molecule has 5 atom stereocenters. The van der Waals surface area contributed by atoms with Crippen LogP contribution in [0.25, 0.3) is 0 Å². The predicted molar refractivity (Wildman–Crippen MR) is 123 cm³/mol. The number of rotatable bonds is 10. The van der Waals surface area contributed by atoms with Crippen molar-refractivity contribution >= 4 is 22.6 Å². The van der Waals surface area contributed by atoms with E-state index in [1.807, 2.05) is 36.4 Å². The van der Waals surface area contributed by atoms with Gasteiger partial charge in [-0.1, -0.05) is 18.2 Å². The summed E-state index contributed by atoms with van der Waals surface area (Å²) < 4.78 is 29.3. The highest BCUT2D eigenvalue weighted by atomic mass is 127. The number of halogens is 1. The molecule has 2 aromatic rings. The van der Waals surface area contributed by atoms with Crippen molar-refractivity contribution in [1.82, 2.24) is 0 Å². The third-order valence-electron chi connectivity index (χ3n) is 4.82. The van der Waals surface area contributed by atoms with Gasteiger partial charge in [0.25, 0.3) is 0 Å². The van der Waals surface area contributed by atoms with Gasteiger partial charge in [-0.3, -0.25) is 0 Å². The minimum Gasteiger partial charge on any atom is -0.497 e. The molecule has 8 heteroatoms. The second-order valence-electron chi connectivity index (χ2n) is 7.05. The molecule has 1 saturated heterocycles. The van der Waals surface area contributed by atoms with Gasteiger partial charge in [-0.05, 0) is 64.6 Å². The Morgan fingerprint density at radius 2 is 1.71 bits per heavy atom. The van der Waals surface area contributed by atoms with E-state index in [1.54, 1.807) is 25.3 Å². The lowest BCUT2D eigenvalue weighted by Gasteiger charge is -2.42. The number of benzene rings is 2. The molecule has 168 valence electrons. The number of hydrogen-bond donors (Lipinski definition) is 2. The van der Waals surface area contributed by atoms with Gasteiger partial charge in [0.15, 0.2) is 0 Å². The van der Waals surface area contributed by atoms with Crippen LogP contribution >= 0.6 is 22.6 Å². The van der Waals surface area contributed by atoms with E-state index in [4.69, 9.17) is 23.7 Å². The quantitative estimate of drug-likeness (QED) is 0.353. The molecule has 0 unspecified atom stereocenters. The van der Waals surface area contributed by atoms with Crippen molar-refractivity contribution in [2.75, 3.05) is 20.3 Å². The molecular formula is C23H27IO7. The molecule has 1 heterocycles. The lowest BCUT2D eigenvalue weighted by atomic mass is 9.99. The standard InChI is InChI=1S/C23H27IO7/c1-3-12-29-22-20(25)19(14-28-13-15-4-8-17(27-2)9-5-15)31-23(21(22)26)30-18-10-6-16(24)7-11-18/h3-11,19-23,25-26H,1,12-14H2,2H3/t19-,20-,21-,22+,23-/m1/s1. The molecule has 1 aliphatic rings. The molecule has 2 N–H and O–H groups in total. The van der Waals surface area contributed by atoms with Crippen molar-refractivity contribution in [1.29, 1.82) is 0 Å². The Balaban J connectivity index is 1.64. The summed E-state index contributed by atoms with van der Waals surface area (Å²) in [7, 11) is 1.61.